The van der Waals surface area contributed by atoms with Crippen molar-refractivity contribution in [2.45, 2.75) is 33.2 Å². The van der Waals surface area contributed by atoms with Gasteiger partial charge in [0, 0.05) is 24.3 Å². The molecule has 0 aromatic carbocycles. The molecule has 0 saturated heterocycles. The van der Waals surface area contributed by atoms with Gasteiger partial charge in [-0.25, -0.2) is 4.98 Å². The van der Waals surface area contributed by atoms with Crippen molar-refractivity contribution in [3.63, 3.8) is 0 Å². The smallest absolute Gasteiger partial charge is 0.138 e. The summed E-state index contributed by atoms with van der Waals surface area (Å²) in [6.45, 7) is 6.68. The number of fused-ring (bicyclic) bond motifs is 1. The average Bonchev–Trinajstić information content (AvgIpc) is 2.76. The number of anilines is 1. The zero-order valence-corrected chi connectivity index (χ0v) is 11.9. The fraction of sp³-hybridized carbons (Fsp3) is 0.500. The summed E-state index contributed by atoms with van der Waals surface area (Å²) in [5, 5.41) is 3.59. The highest BCUT2D eigenvalue weighted by Crippen LogP contribution is 2.26. The molecule has 2 aromatic rings. The van der Waals surface area contributed by atoms with Gasteiger partial charge in [-0.15, -0.1) is 11.6 Å². The predicted octanol–water partition coefficient (Wildman–Crippen LogP) is 3.79. The van der Waals surface area contributed by atoms with E-state index in [1.54, 1.807) is 0 Å². The van der Waals surface area contributed by atoms with Crippen LogP contribution >= 0.6 is 11.6 Å². The number of imidazole rings is 1. The fourth-order valence-corrected chi connectivity index (χ4v) is 2.29. The minimum Gasteiger partial charge on any atom is -0.368 e. The summed E-state index contributed by atoms with van der Waals surface area (Å²) in [5.41, 5.74) is 1.12. The Bertz CT molecular complexity index is 513. The first-order valence-corrected chi connectivity index (χ1v) is 6.80. The van der Waals surface area contributed by atoms with Crippen molar-refractivity contribution in [1.82, 2.24) is 9.38 Å². The number of rotatable bonds is 4. The molecule has 0 amide bonds. The van der Waals surface area contributed by atoms with E-state index < -0.39 is 0 Å². The molecule has 0 aliphatic heterocycles. The van der Waals surface area contributed by atoms with Crippen LogP contribution in [0.15, 0.2) is 30.6 Å². The molecule has 2 rings (SSSR count). The third-order valence-corrected chi connectivity index (χ3v) is 3.41. The van der Waals surface area contributed by atoms with Gasteiger partial charge in [0.1, 0.15) is 11.5 Å². The number of pyridine rings is 1. The van der Waals surface area contributed by atoms with Gasteiger partial charge in [-0.05, 0) is 24.0 Å². The Morgan fingerprint density at radius 1 is 1.39 bits per heavy atom. The average molecular weight is 266 g/mol. The Morgan fingerprint density at radius 3 is 2.83 bits per heavy atom. The van der Waals surface area contributed by atoms with Crippen LogP contribution in [-0.4, -0.2) is 21.3 Å². The van der Waals surface area contributed by atoms with Gasteiger partial charge in [0.15, 0.2) is 0 Å². The Kier molecular flexibility index (Phi) is 3.81. The quantitative estimate of drug-likeness (QED) is 0.853. The van der Waals surface area contributed by atoms with Gasteiger partial charge in [-0.3, -0.25) is 4.40 Å². The lowest BCUT2D eigenvalue weighted by atomic mass is 9.85. The molecule has 0 bridgehead atoms. The Hall–Kier alpha value is -1.22. The first kappa shape index (κ1) is 13.2. The lowest BCUT2D eigenvalue weighted by molar-refractivity contribution is 0.334. The van der Waals surface area contributed by atoms with Gasteiger partial charge in [0.2, 0.25) is 0 Å². The first-order valence-electron chi connectivity index (χ1n) is 6.27. The zero-order chi connectivity index (χ0) is 13.2. The van der Waals surface area contributed by atoms with E-state index in [4.69, 9.17) is 11.6 Å². The lowest BCUT2D eigenvalue weighted by Gasteiger charge is -2.32. The molecule has 0 spiro atoms. The number of nitrogens with zero attached hydrogens (tertiary/aromatic N) is 2. The van der Waals surface area contributed by atoms with Crippen LogP contribution in [0.1, 0.15) is 27.2 Å². The van der Waals surface area contributed by atoms with Crippen LogP contribution in [0.5, 0.6) is 0 Å². The van der Waals surface area contributed by atoms with Crippen molar-refractivity contribution < 1.29 is 0 Å². The molecule has 3 nitrogen and oxygen atoms in total. The van der Waals surface area contributed by atoms with Crippen LogP contribution in [0.3, 0.4) is 0 Å². The maximum atomic E-state index is 5.91. The summed E-state index contributed by atoms with van der Waals surface area (Å²) < 4.78 is 2.06. The molecule has 1 unspecified atom stereocenters. The van der Waals surface area contributed by atoms with Crippen LogP contribution in [-0.2, 0) is 0 Å². The fourth-order valence-electron chi connectivity index (χ4n) is 2.07. The van der Waals surface area contributed by atoms with Crippen LogP contribution in [0.2, 0.25) is 0 Å². The highest BCUT2D eigenvalue weighted by molar-refractivity contribution is 6.17. The predicted molar refractivity (Wildman–Crippen MR) is 77.4 cm³/mol. The van der Waals surface area contributed by atoms with Gasteiger partial charge >= 0.3 is 0 Å². The summed E-state index contributed by atoms with van der Waals surface area (Å²) >= 11 is 5.91. The molecule has 18 heavy (non-hydrogen) atoms. The number of hydrogen-bond donors (Lipinski definition) is 1. The monoisotopic (exact) mass is 265 g/mol. The number of alkyl halides is 1. The molecule has 4 heteroatoms. The Labute approximate surface area is 113 Å². The van der Waals surface area contributed by atoms with Crippen molar-refractivity contribution in [3.05, 3.63) is 30.6 Å². The SMILES string of the molecule is CC(C)(C)C(CCCl)Nc1cccc2nccn12. The van der Waals surface area contributed by atoms with Gasteiger partial charge in [-0.2, -0.15) is 0 Å². The second kappa shape index (κ2) is 5.19. The highest BCUT2D eigenvalue weighted by Gasteiger charge is 2.24. The van der Waals surface area contributed by atoms with Crippen molar-refractivity contribution in [3.8, 4) is 0 Å². The molecule has 2 heterocycles. The van der Waals surface area contributed by atoms with Crippen molar-refractivity contribution in [1.29, 1.82) is 0 Å². The largest absolute Gasteiger partial charge is 0.368 e. The molecular weight excluding hydrogens is 246 g/mol. The first-order chi connectivity index (χ1) is 8.52. The zero-order valence-electron chi connectivity index (χ0n) is 11.2. The molecule has 0 aliphatic rings. The third-order valence-electron chi connectivity index (χ3n) is 3.19. The maximum Gasteiger partial charge on any atom is 0.138 e. The summed E-state index contributed by atoms with van der Waals surface area (Å²) in [5.74, 6) is 1.73. The lowest BCUT2D eigenvalue weighted by Crippen LogP contribution is -2.35. The summed E-state index contributed by atoms with van der Waals surface area (Å²) in [4.78, 5) is 4.29. The van der Waals surface area contributed by atoms with E-state index >= 15 is 0 Å². The molecule has 0 saturated carbocycles. The van der Waals surface area contributed by atoms with E-state index in [1.165, 1.54) is 0 Å². The topological polar surface area (TPSA) is 29.3 Å². The van der Waals surface area contributed by atoms with E-state index in [9.17, 15) is 0 Å². The van der Waals surface area contributed by atoms with Crippen LogP contribution in [0.25, 0.3) is 5.65 Å². The summed E-state index contributed by atoms with van der Waals surface area (Å²) in [6.07, 6.45) is 4.72. The molecule has 2 aromatic heterocycles. The molecule has 98 valence electrons. The second-order valence-corrected chi connectivity index (χ2v) is 5.99. The third kappa shape index (κ3) is 2.78. The van der Waals surface area contributed by atoms with Gasteiger partial charge in [0.25, 0.3) is 0 Å². The number of halogens is 1. The van der Waals surface area contributed by atoms with Crippen LogP contribution in [0.4, 0.5) is 5.82 Å². The van der Waals surface area contributed by atoms with Crippen molar-refractivity contribution >= 4 is 23.1 Å². The highest BCUT2D eigenvalue weighted by atomic mass is 35.5. The Balaban J connectivity index is 2.28. The van der Waals surface area contributed by atoms with Crippen LogP contribution in [0, 0.1) is 5.41 Å². The van der Waals surface area contributed by atoms with Crippen molar-refractivity contribution in [2.75, 3.05) is 11.2 Å². The number of nitrogens with one attached hydrogen (secondary N) is 1. The summed E-state index contributed by atoms with van der Waals surface area (Å²) in [6, 6.07) is 6.42. The molecule has 0 fully saturated rings. The van der Waals surface area contributed by atoms with E-state index in [0.29, 0.717) is 11.9 Å². The minimum atomic E-state index is 0.164. The molecule has 1 atom stereocenters. The number of hydrogen-bond acceptors (Lipinski definition) is 2. The number of aromatic nitrogens is 2. The summed E-state index contributed by atoms with van der Waals surface area (Å²) in [7, 11) is 0. The van der Waals surface area contributed by atoms with Gasteiger partial charge in [-0.1, -0.05) is 26.8 Å². The van der Waals surface area contributed by atoms with Crippen LogP contribution < -0.4 is 5.32 Å². The van der Waals surface area contributed by atoms with Gasteiger partial charge in [0.05, 0.1) is 0 Å². The molecule has 0 aliphatic carbocycles. The molecule has 0 radical (unpaired) electrons. The Morgan fingerprint density at radius 2 is 2.17 bits per heavy atom. The normalized spacial score (nSPS) is 13.8. The van der Waals surface area contributed by atoms with E-state index in [-0.39, 0.29) is 5.41 Å². The molecular formula is C14H20ClN3. The molecule has 1 N–H and O–H groups in total. The van der Waals surface area contributed by atoms with E-state index in [0.717, 1.165) is 17.9 Å². The van der Waals surface area contributed by atoms with Crippen molar-refractivity contribution in [2.24, 2.45) is 5.41 Å². The van der Waals surface area contributed by atoms with Gasteiger partial charge < -0.3 is 5.32 Å². The van der Waals surface area contributed by atoms with E-state index in [1.807, 2.05) is 24.5 Å². The maximum absolute atomic E-state index is 5.91. The van der Waals surface area contributed by atoms with E-state index in [2.05, 4.69) is 41.5 Å². The minimum absolute atomic E-state index is 0.164. The standard InChI is InChI=1S/C14H20ClN3/c1-14(2,3)11(7-8-15)17-13-6-4-5-12-16-9-10-18(12)13/h4-6,9-11,17H,7-8H2,1-3H3. The second-order valence-electron chi connectivity index (χ2n) is 5.61.